The highest BCUT2D eigenvalue weighted by molar-refractivity contribution is 7.89. The monoisotopic (exact) mass is 553 g/mol. The molecule has 2 heterocycles. The van der Waals surface area contributed by atoms with Gasteiger partial charge < -0.3 is 14.9 Å². The molecule has 0 radical (unpaired) electrons. The third-order valence-electron chi connectivity index (χ3n) is 6.44. The molecule has 4 rings (SSSR count). The van der Waals surface area contributed by atoms with Gasteiger partial charge in [0.1, 0.15) is 11.2 Å². The fourth-order valence-corrected chi connectivity index (χ4v) is 6.36. The summed E-state index contributed by atoms with van der Waals surface area (Å²) >= 11 is 0. The second kappa shape index (κ2) is 11.8. The summed E-state index contributed by atoms with van der Waals surface area (Å²) in [7, 11) is -4.08. The Hall–Kier alpha value is -4.03. The summed E-state index contributed by atoms with van der Waals surface area (Å²) in [4.78, 5) is 29.5. The number of nitrogens with zero attached hydrogens (tertiary/aromatic N) is 4. The third kappa shape index (κ3) is 6.02. The van der Waals surface area contributed by atoms with Crippen molar-refractivity contribution in [3.63, 3.8) is 0 Å². The van der Waals surface area contributed by atoms with E-state index >= 15 is 0 Å². The molecule has 0 aliphatic rings. The molecule has 2 aromatic carbocycles. The van der Waals surface area contributed by atoms with Crippen LogP contribution in [0.1, 0.15) is 48.5 Å². The van der Waals surface area contributed by atoms with E-state index in [9.17, 15) is 18.0 Å². The summed E-state index contributed by atoms with van der Waals surface area (Å²) in [6, 6.07) is 15.1. The van der Waals surface area contributed by atoms with Crippen molar-refractivity contribution in [1.82, 2.24) is 24.3 Å². The Balaban J connectivity index is 1.88. The van der Waals surface area contributed by atoms with Gasteiger partial charge in [-0.25, -0.2) is 13.2 Å². The van der Waals surface area contributed by atoms with Crippen LogP contribution in [-0.4, -0.2) is 51.7 Å². The van der Waals surface area contributed by atoms with Gasteiger partial charge in [-0.2, -0.15) is 9.29 Å². The molecule has 0 saturated carbocycles. The van der Waals surface area contributed by atoms with Gasteiger partial charge in [-0.3, -0.25) is 9.36 Å². The first-order valence-corrected chi connectivity index (χ1v) is 14.0. The number of aryl methyl sites for hydroxylation is 2. The molecule has 12 heteroatoms. The molecule has 0 saturated heterocycles. The standard InChI is InChI=1S/C27H31N5O6S/c1-4-22(32(15-9-14-28-27(34)35)39(36,37)21-13-8-10-18(2)16-21)24-29-25-23(19(3)30-38-25)26(33)31(24)17-20-11-6-5-7-12-20/h5-8,10-13,16,22,28H,4,9,14-15,17H2,1-3H3,(H,34,35). The Labute approximate surface area is 226 Å². The lowest BCUT2D eigenvalue weighted by molar-refractivity contribution is 0.193. The minimum Gasteiger partial charge on any atom is -0.465 e. The van der Waals surface area contributed by atoms with Crippen LogP contribution in [0, 0.1) is 13.8 Å². The predicted molar refractivity (Wildman–Crippen MR) is 145 cm³/mol. The van der Waals surface area contributed by atoms with Gasteiger partial charge in [-0.05, 0) is 49.9 Å². The molecule has 1 unspecified atom stereocenters. The van der Waals surface area contributed by atoms with Crippen LogP contribution >= 0.6 is 0 Å². The number of carboxylic acid groups (broad SMARTS) is 1. The van der Waals surface area contributed by atoms with Gasteiger partial charge in [-0.15, -0.1) is 0 Å². The van der Waals surface area contributed by atoms with Crippen molar-refractivity contribution in [2.45, 2.75) is 51.1 Å². The van der Waals surface area contributed by atoms with E-state index in [4.69, 9.17) is 9.63 Å². The summed E-state index contributed by atoms with van der Waals surface area (Å²) in [6.45, 7) is 5.48. The lowest BCUT2D eigenvalue weighted by Crippen LogP contribution is -2.40. The van der Waals surface area contributed by atoms with E-state index in [-0.39, 0.29) is 59.9 Å². The van der Waals surface area contributed by atoms with Gasteiger partial charge in [-0.1, -0.05) is 54.5 Å². The van der Waals surface area contributed by atoms with Crippen LogP contribution in [-0.2, 0) is 16.6 Å². The molecule has 4 aromatic rings. The lowest BCUT2D eigenvalue weighted by Gasteiger charge is -2.31. The van der Waals surface area contributed by atoms with Gasteiger partial charge in [0, 0.05) is 13.1 Å². The van der Waals surface area contributed by atoms with Crippen LogP contribution in [0.2, 0.25) is 0 Å². The molecule has 0 bridgehead atoms. The molecular weight excluding hydrogens is 522 g/mol. The quantitative estimate of drug-likeness (QED) is 0.266. The van der Waals surface area contributed by atoms with Crippen LogP contribution in [0.5, 0.6) is 0 Å². The smallest absolute Gasteiger partial charge is 0.404 e. The Morgan fingerprint density at radius 1 is 1.15 bits per heavy atom. The number of hydrogen-bond donors (Lipinski definition) is 2. The van der Waals surface area contributed by atoms with Crippen molar-refractivity contribution in [2.24, 2.45) is 0 Å². The molecule has 11 nitrogen and oxygen atoms in total. The van der Waals surface area contributed by atoms with Crippen molar-refractivity contribution in [3.05, 3.63) is 87.6 Å². The van der Waals surface area contributed by atoms with E-state index in [1.807, 2.05) is 37.3 Å². The molecular formula is C27H31N5O6S. The highest BCUT2D eigenvalue weighted by Gasteiger charge is 2.35. The number of benzene rings is 2. The van der Waals surface area contributed by atoms with Crippen LogP contribution in [0.3, 0.4) is 0 Å². The van der Waals surface area contributed by atoms with Crippen LogP contribution in [0.4, 0.5) is 4.79 Å². The van der Waals surface area contributed by atoms with Crippen molar-refractivity contribution < 1.29 is 22.8 Å². The number of aromatic nitrogens is 3. The zero-order valence-electron chi connectivity index (χ0n) is 22.0. The van der Waals surface area contributed by atoms with Gasteiger partial charge in [0.05, 0.1) is 23.2 Å². The summed E-state index contributed by atoms with van der Waals surface area (Å²) in [5.41, 5.74) is 1.67. The maximum atomic E-state index is 14.0. The molecule has 0 aliphatic carbocycles. The predicted octanol–water partition coefficient (Wildman–Crippen LogP) is 3.85. The highest BCUT2D eigenvalue weighted by atomic mass is 32.2. The maximum absolute atomic E-state index is 14.0. The topological polar surface area (TPSA) is 148 Å². The first-order valence-electron chi connectivity index (χ1n) is 12.6. The van der Waals surface area contributed by atoms with Crippen molar-refractivity contribution in [1.29, 1.82) is 0 Å². The van der Waals surface area contributed by atoms with E-state index in [1.54, 1.807) is 32.0 Å². The van der Waals surface area contributed by atoms with Crippen LogP contribution in [0.15, 0.2) is 68.8 Å². The van der Waals surface area contributed by atoms with E-state index in [1.165, 1.54) is 14.9 Å². The number of carbonyl (C=O) groups is 1. The molecule has 0 spiro atoms. The molecule has 2 aromatic heterocycles. The van der Waals surface area contributed by atoms with Crippen molar-refractivity contribution in [2.75, 3.05) is 13.1 Å². The molecule has 206 valence electrons. The fourth-order valence-electron chi connectivity index (χ4n) is 4.56. The summed E-state index contributed by atoms with van der Waals surface area (Å²) < 4.78 is 36.2. The second-order valence-corrected chi connectivity index (χ2v) is 11.1. The number of rotatable bonds is 11. The second-order valence-electron chi connectivity index (χ2n) is 9.24. The average molecular weight is 554 g/mol. The minimum atomic E-state index is -4.08. The number of amides is 1. The van der Waals surface area contributed by atoms with Crippen LogP contribution < -0.4 is 10.9 Å². The van der Waals surface area contributed by atoms with E-state index in [2.05, 4.69) is 15.5 Å². The highest BCUT2D eigenvalue weighted by Crippen LogP contribution is 2.31. The molecule has 39 heavy (non-hydrogen) atoms. The first kappa shape index (κ1) is 28.0. The first-order chi connectivity index (χ1) is 18.6. The largest absolute Gasteiger partial charge is 0.465 e. The van der Waals surface area contributed by atoms with E-state index < -0.39 is 22.2 Å². The minimum absolute atomic E-state index is 0.0102. The van der Waals surface area contributed by atoms with Gasteiger partial charge in [0.2, 0.25) is 10.0 Å². The molecule has 1 amide bonds. The Bertz CT molecular complexity index is 1630. The maximum Gasteiger partial charge on any atom is 0.404 e. The molecule has 2 N–H and O–H groups in total. The molecule has 1 atom stereocenters. The molecule has 0 aliphatic heterocycles. The molecule has 0 fully saturated rings. The zero-order valence-corrected chi connectivity index (χ0v) is 22.8. The Morgan fingerprint density at radius 2 is 1.90 bits per heavy atom. The third-order valence-corrected chi connectivity index (χ3v) is 8.34. The zero-order chi connectivity index (χ0) is 28.2. The van der Waals surface area contributed by atoms with Gasteiger partial charge in [0.15, 0.2) is 0 Å². The van der Waals surface area contributed by atoms with Crippen LogP contribution in [0.25, 0.3) is 11.1 Å². The SMILES string of the molecule is CCC(c1nc2onc(C)c2c(=O)n1Cc1ccccc1)N(CCCNC(=O)O)S(=O)(=O)c1cccc(C)c1. The van der Waals surface area contributed by atoms with E-state index in [0.717, 1.165) is 11.1 Å². The fraction of sp³-hybridized carbons (Fsp3) is 0.333. The van der Waals surface area contributed by atoms with Gasteiger partial charge in [0.25, 0.3) is 11.3 Å². The van der Waals surface area contributed by atoms with Gasteiger partial charge >= 0.3 is 6.09 Å². The summed E-state index contributed by atoms with van der Waals surface area (Å²) in [5, 5.41) is 15.4. The number of hydrogen-bond acceptors (Lipinski definition) is 7. The summed E-state index contributed by atoms with van der Waals surface area (Å²) in [5.74, 6) is 0.220. The van der Waals surface area contributed by atoms with Crippen molar-refractivity contribution >= 4 is 27.2 Å². The normalized spacial score (nSPS) is 12.6. The number of fused-ring (bicyclic) bond motifs is 1. The number of sulfonamides is 1. The average Bonchev–Trinajstić information content (AvgIpc) is 3.28. The number of nitrogens with one attached hydrogen (secondary N) is 1. The van der Waals surface area contributed by atoms with Crippen molar-refractivity contribution in [3.8, 4) is 0 Å². The summed E-state index contributed by atoms with van der Waals surface area (Å²) in [6.07, 6.45) is -0.697. The lowest BCUT2D eigenvalue weighted by atomic mass is 10.1. The van der Waals surface area contributed by atoms with E-state index in [0.29, 0.717) is 5.69 Å². The Morgan fingerprint density at radius 3 is 2.56 bits per heavy atom. The Kier molecular flexibility index (Phi) is 8.46.